The molecule has 2 amide bonds. The smallest absolute Gasteiger partial charge is 0.314 e. The first-order valence-corrected chi connectivity index (χ1v) is 5.84. The number of nitrogens with one attached hydrogen (secondary N) is 2. The van der Waals surface area contributed by atoms with Crippen molar-refractivity contribution in [1.29, 1.82) is 0 Å². The molecule has 82 valence electrons. The summed E-state index contributed by atoms with van der Waals surface area (Å²) in [4.78, 5) is 11.2. The zero-order valence-electron chi connectivity index (χ0n) is 9.14. The Hall–Kier alpha value is -0.730. The van der Waals surface area contributed by atoms with E-state index in [2.05, 4.69) is 17.6 Å². The molecule has 0 aromatic carbocycles. The monoisotopic (exact) mass is 198 g/mol. The van der Waals surface area contributed by atoms with E-state index in [0.29, 0.717) is 0 Å². The minimum atomic E-state index is -0.00206. The largest absolute Gasteiger partial charge is 0.338 e. The summed E-state index contributed by atoms with van der Waals surface area (Å²) in [7, 11) is 0. The van der Waals surface area contributed by atoms with Gasteiger partial charge in [-0.15, -0.1) is 0 Å². The summed E-state index contributed by atoms with van der Waals surface area (Å²) in [5, 5.41) is 5.73. The maximum atomic E-state index is 11.2. The Bertz CT molecular complexity index is 167. The summed E-state index contributed by atoms with van der Waals surface area (Å²) < 4.78 is 0. The second kappa shape index (κ2) is 6.68. The molecule has 0 bridgehead atoms. The average molecular weight is 198 g/mol. The van der Waals surface area contributed by atoms with Crippen LogP contribution in [0.4, 0.5) is 4.79 Å². The summed E-state index contributed by atoms with van der Waals surface area (Å²) in [6.45, 7) is 3.75. The highest BCUT2D eigenvalue weighted by Crippen LogP contribution is 2.28. The molecule has 0 atom stereocenters. The van der Waals surface area contributed by atoms with Crippen molar-refractivity contribution in [3.8, 4) is 0 Å². The van der Waals surface area contributed by atoms with E-state index in [4.69, 9.17) is 0 Å². The van der Waals surface area contributed by atoms with Gasteiger partial charge in [0.05, 0.1) is 0 Å². The predicted molar refractivity (Wildman–Crippen MR) is 58.3 cm³/mol. The van der Waals surface area contributed by atoms with Crippen molar-refractivity contribution in [3.05, 3.63) is 0 Å². The molecule has 0 aromatic heterocycles. The van der Waals surface area contributed by atoms with Crippen LogP contribution in [-0.2, 0) is 0 Å². The minimum absolute atomic E-state index is 0.00206. The fraction of sp³-hybridized carbons (Fsp3) is 0.909. The highest BCUT2D eigenvalue weighted by molar-refractivity contribution is 5.73. The number of amides is 2. The third kappa shape index (κ3) is 4.49. The molecule has 3 nitrogen and oxygen atoms in total. The van der Waals surface area contributed by atoms with E-state index in [0.717, 1.165) is 38.3 Å². The molecule has 0 aromatic rings. The van der Waals surface area contributed by atoms with Gasteiger partial charge < -0.3 is 10.6 Å². The van der Waals surface area contributed by atoms with Gasteiger partial charge in [-0.1, -0.05) is 32.6 Å². The molecular weight excluding hydrogens is 176 g/mol. The SMILES string of the molecule is CCCCNC(=O)NCCC1CCC1. The van der Waals surface area contributed by atoms with Crippen LogP contribution in [0.15, 0.2) is 0 Å². The van der Waals surface area contributed by atoms with Crippen LogP contribution >= 0.6 is 0 Å². The van der Waals surface area contributed by atoms with Crippen molar-refractivity contribution in [2.24, 2.45) is 5.92 Å². The van der Waals surface area contributed by atoms with E-state index in [-0.39, 0.29) is 6.03 Å². The lowest BCUT2D eigenvalue weighted by atomic mass is 9.83. The Morgan fingerprint density at radius 2 is 2.00 bits per heavy atom. The van der Waals surface area contributed by atoms with Crippen LogP contribution in [0.25, 0.3) is 0 Å². The lowest BCUT2D eigenvalue weighted by molar-refractivity contribution is 0.237. The number of carbonyl (C=O) groups excluding carboxylic acids is 1. The fourth-order valence-corrected chi connectivity index (χ4v) is 1.61. The van der Waals surface area contributed by atoms with Crippen molar-refractivity contribution in [2.75, 3.05) is 13.1 Å². The molecule has 0 aliphatic heterocycles. The van der Waals surface area contributed by atoms with Crippen molar-refractivity contribution >= 4 is 6.03 Å². The first-order valence-electron chi connectivity index (χ1n) is 5.84. The van der Waals surface area contributed by atoms with Crippen molar-refractivity contribution in [2.45, 2.75) is 45.4 Å². The molecule has 0 spiro atoms. The average Bonchev–Trinajstić information content (AvgIpc) is 2.10. The number of urea groups is 1. The van der Waals surface area contributed by atoms with Gasteiger partial charge in [-0.3, -0.25) is 0 Å². The number of carbonyl (C=O) groups is 1. The number of hydrogen-bond donors (Lipinski definition) is 2. The molecule has 1 rings (SSSR count). The number of unbranched alkanes of at least 4 members (excludes halogenated alkanes) is 1. The van der Waals surface area contributed by atoms with Crippen molar-refractivity contribution in [1.82, 2.24) is 10.6 Å². The molecule has 0 unspecified atom stereocenters. The molecule has 1 fully saturated rings. The van der Waals surface area contributed by atoms with Gasteiger partial charge in [0, 0.05) is 13.1 Å². The van der Waals surface area contributed by atoms with Crippen LogP contribution in [0.3, 0.4) is 0 Å². The predicted octanol–water partition coefficient (Wildman–Crippen LogP) is 2.28. The maximum absolute atomic E-state index is 11.2. The number of rotatable bonds is 6. The van der Waals surface area contributed by atoms with Crippen LogP contribution < -0.4 is 10.6 Å². The molecule has 2 N–H and O–H groups in total. The van der Waals surface area contributed by atoms with E-state index in [1.54, 1.807) is 0 Å². The lowest BCUT2D eigenvalue weighted by Gasteiger charge is -2.25. The molecule has 0 saturated heterocycles. The van der Waals surface area contributed by atoms with Gasteiger partial charge in [-0.25, -0.2) is 4.79 Å². The van der Waals surface area contributed by atoms with Crippen molar-refractivity contribution < 1.29 is 4.79 Å². The second-order valence-electron chi connectivity index (χ2n) is 4.12. The Morgan fingerprint density at radius 3 is 2.57 bits per heavy atom. The van der Waals surface area contributed by atoms with Gasteiger partial charge in [-0.2, -0.15) is 0 Å². The van der Waals surface area contributed by atoms with Gasteiger partial charge in [0.25, 0.3) is 0 Å². The van der Waals surface area contributed by atoms with E-state index >= 15 is 0 Å². The Kier molecular flexibility index (Phi) is 5.42. The van der Waals surface area contributed by atoms with Gasteiger partial charge >= 0.3 is 6.03 Å². The zero-order chi connectivity index (χ0) is 10.2. The lowest BCUT2D eigenvalue weighted by Crippen LogP contribution is -2.37. The summed E-state index contributed by atoms with van der Waals surface area (Å²) in [6, 6.07) is -0.00206. The van der Waals surface area contributed by atoms with E-state index in [1.165, 1.54) is 19.3 Å². The number of hydrogen-bond acceptors (Lipinski definition) is 1. The second-order valence-corrected chi connectivity index (χ2v) is 4.12. The highest BCUT2D eigenvalue weighted by atomic mass is 16.2. The Balaban J connectivity index is 1.86. The standard InChI is InChI=1S/C11H22N2O/c1-2-3-8-12-11(14)13-9-7-10-5-4-6-10/h10H,2-9H2,1H3,(H2,12,13,14). The third-order valence-electron chi connectivity index (χ3n) is 2.88. The molecule has 1 saturated carbocycles. The molecule has 0 heterocycles. The maximum Gasteiger partial charge on any atom is 0.314 e. The van der Waals surface area contributed by atoms with Crippen LogP contribution in [0.5, 0.6) is 0 Å². The first kappa shape index (κ1) is 11.3. The van der Waals surface area contributed by atoms with Crippen molar-refractivity contribution in [3.63, 3.8) is 0 Å². The van der Waals surface area contributed by atoms with Crippen LogP contribution in [0, 0.1) is 5.92 Å². The summed E-state index contributed by atoms with van der Waals surface area (Å²) in [6.07, 6.45) is 7.45. The first-order chi connectivity index (χ1) is 6.83. The summed E-state index contributed by atoms with van der Waals surface area (Å²) >= 11 is 0. The van der Waals surface area contributed by atoms with Gasteiger partial charge in [0.2, 0.25) is 0 Å². The minimum Gasteiger partial charge on any atom is -0.338 e. The van der Waals surface area contributed by atoms with E-state index < -0.39 is 0 Å². The molecule has 14 heavy (non-hydrogen) atoms. The molecule has 1 aliphatic rings. The van der Waals surface area contributed by atoms with Crippen LogP contribution in [0.1, 0.15) is 45.4 Å². The highest BCUT2D eigenvalue weighted by Gasteiger charge is 2.16. The quantitative estimate of drug-likeness (QED) is 0.632. The molecular formula is C11H22N2O. The summed E-state index contributed by atoms with van der Waals surface area (Å²) in [5.41, 5.74) is 0. The third-order valence-corrected chi connectivity index (χ3v) is 2.88. The van der Waals surface area contributed by atoms with Crippen LogP contribution in [-0.4, -0.2) is 19.1 Å². The van der Waals surface area contributed by atoms with Gasteiger partial charge in [0.1, 0.15) is 0 Å². The molecule has 3 heteroatoms. The summed E-state index contributed by atoms with van der Waals surface area (Å²) in [5.74, 6) is 0.881. The zero-order valence-corrected chi connectivity index (χ0v) is 9.14. The molecule has 1 aliphatic carbocycles. The van der Waals surface area contributed by atoms with E-state index in [1.807, 2.05) is 0 Å². The van der Waals surface area contributed by atoms with Gasteiger partial charge in [-0.05, 0) is 18.8 Å². The normalized spacial score (nSPS) is 16.1. The topological polar surface area (TPSA) is 41.1 Å². The Morgan fingerprint density at radius 1 is 1.29 bits per heavy atom. The molecule has 0 radical (unpaired) electrons. The van der Waals surface area contributed by atoms with Crippen LogP contribution in [0.2, 0.25) is 0 Å². The Labute approximate surface area is 86.6 Å². The van der Waals surface area contributed by atoms with E-state index in [9.17, 15) is 4.79 Å². The fourth-order valence-electron chi connectivity index (χ4n) is 1.61. The van der Waals surface area contributed by atoms with Gasteiger partial charge in [0.15, 0.2) is 0 Å².